The molecule has 3 atom stereocenters. The Hall–Kier alpha value is -0.470. The molecule has 1 N–H and O–H groups in total. The smallest absolute Gasteiger partial charge is 0.0440 e. The quantitative estimate of drug-likeness (QED) is 0.779. The van der Waals surface area contributed by atoms with E-state index >= 15 is 0 Å². The van der Waals surface area contributed by atoms with Gasteiger partial charge in [-0.1, -0.05) is 58.0 Å². The fourth-order valence-corrected chi connectivity index (χ4v) is 3.66. The minimum Gasteiger partial charge on any atom is -0.312 e. The van der Waals surface area contributed by atoms with E-state index in [9.17, 15) is 0 Å². The molecule has 0 spiro atoms. The number of thioether (sulfide) groups is 1. The first-order valence-electron chi connectivity index (χ1n) is 6.97. The Morgan fingerprint density at radius 2 is 1.72 bits per heavy atom. The fraction of sp³-hybridized carbons (Fsp3) is 0.625. The van der Waals surface area contributed by atoms with Crippen LogP contribution in [-0.2, 0) is 0 Å². The zero-order chi connectivity index (χ0) is 13.5. The second kappa shape index (κ2) is 7.85. The van der Waals surface area contributed by atoms with Crippen LogP contribution in [0.25, 0.3) is 0 Å². The third-order valence-electron chi connectivity index (χ3n) is 3.42. The van der Waals surface area contributed by atoms with Crippen LogP contribution in [-0.4, -0.2) is 17.5 Å². The molecular weight excluding hydrogens is 238 g/mol. The Morgan fingerprint density at radius 3 is 2.17 bits per heavy atom. The van der Waals surface area contributed by atoms with Crippen LogP contribution in [0.5, 0.6) is 0 Å². The number of benzene rings is 1. The lowest BCUT2D eigenvalue weighted by atomic mass is 9.96. The van der Waals surface area contributed by atoms with Crippen molar-refractivity contribution in [1.82, 2.24) is 5.32 Å². The second-order valence-electron chi connectivity index (χ2n) is 5.24. The lowest BCUT2D eigenvalue weighted by Gasteiger charge is -2.32. The van der Waals surface area contributed by atoms with Crippen LogP contribution in [0, 0.1) is 5.92 Å². The fourth-order valence-electron chi connectivity index (χ4n) is 2.17. The summed E-state index contributed by atoms with van der Waals surface area (Å²) in [5, 5.41) is 4.85. The summed E-state index contributed by atoms with van der Waals surface area (Å²) < 4.78 is 0. The van der Waals surface area contributed by atoms with Gasteiger partial charge >= 0.3 is 0 Å². The number of nitrogens with one attached hydrogen (secondary N) is 1. The first-order valence-corrected chi connectivity index (χ1v) is 7.92. The standard InChI is InChI=1S/C16H27NS/c1-6-13(4)18-16(12(2)3)15(17-5)14-10-8-7-9-11-14/h7-13,15-17H,6H2,1-5H3. The summed E-state index contributed by atoms with van der Waals surface area (Å²) in [5.41, 5.74) is 1.40. The van der Waals surface area contributed by atoms with E-state index in [-0.39, 0.29) is 0 Å². The van der Waals surface area contributed by atoms with Crippen molar-refractivity contribution < 1.29 is 0 Å². The summed E-state index contributed by atoms with van der Waals surface area (Å²) in [4.78, 5) is 0. The lowest BCUT2D eigenvalue weighted by Crippen LogP contribution is -2.32. The van der Waals surface area contributed by atoms with Crippen LogP contribution in [0.2, 0.25) is 0 Å². The van der Waals surface area contributed by atoms with Gasteiger partial charge < -0.3 is 5.32 Å². The van der Waals surface area contributed by atoms with Crippen LogP contribution >= 0.6 is 11.8 Å². The minimum absolute atomic E-state index is 0.435. The van der Waals surface area contributed by atoms with E-state index in [0.717, 1.165) is 5.25 Å². The van der Waals surface area contributed by atoms with Gasteiger partial charge in [0.2, 0.25) is 0 Å². The number of hydrogen-bond donors (Lipinski definition) is 1. The van der Waals surface area contributed by atoms with Crippen molar-refractivity contribution in [2.24, 2.45) is 5.92 Å². The Labute approximate surface area is 117 Å². The highest BCUT2D eigenvalue weighted by Gasteiger charge is 2.26. The van der Waals surface area contributed by atoms with Crippen LogP contribution < -0.4 is 5.32 Å². The van der Waals surface area contributed by atoms with Crippen LogP contribution in [0.4, 0.5) is 0 Å². The van der Waals surface area contributed by atoms with Gasteiger partial charge in [0.25, 0.3) is 0 Å². The highest BCUT2D eigenvalue weighted by Crippen LogP contribution is 2.35. The molecule has 2 heteroatoms. The predicted octanol–water partition coefficient (Wildman–Crippen LogP) is 4.50. The van der Waals surface area contributed by atoms with Gasteiger partial charge in [-0.15, -0.1) is 0 Å². The molecule has 1 aromatic carbocycles. The van der Waals surface area contributed by atoms with E-state index in [1.54, 1.807) is 0 Å². The average molecular weight is 265 g/mol. The lowest BCUT2D eigenvalue weighted by molar-refractivity contribution is 0.471. The van der Waals surface area contributed by atoms with Gasteiger partial charge in [0.15, 0.2) is 0 Å². The van der Waals surface area contributed by atoms with E-state index in [4.69, 9.17) is 0 Å². The molecule has 0 saturated carbocycles. The van der Waals surface area contributed by atoms with E-state index in [1.807, 2.05) is 0 Å². The summed E-state index contributed by atoms with van der Waals surface area (Å²) in [7, 11) is 2.07. The molecule has 3 unspecified atom stereocenters. The van der Waals surface area contributed by atoms with Gasteiger partial charge in [0.1, 0.15) is 0 Å². The van der Waals surface area contributed by atoms with Crippen LogP contribution in [0.15, 0.2) is 30.3 Å². The average Bonchev–Trinajstić information content (AvgIpc) is 2.39. The van der Waals surface area contributed by atoms with Crippen molar-refractivity contribution in [3.63, 3.8) is 0 Å². The summed E-state index contributed by atoms with van der Waals surface area (Å²) in [5.74, 6) is 0.668. The SMILES string of the molecule is CCC(C)SC(C(C)C)C(NC)c1ccccc1. The molecule has 1 rings (SSSR count). The monoisotopic (exact) mass is 265 g/mol. The maximum absolute atomic E-state index is 3.51. The zero-order valence-corrected chi connectivity index (χ0v) is 13.1. The Bertz CT molecular complexity index is 323. The predicted molar refractivity (Wildman–Crippen MR) is 84.2 cm³/mol. The van der Waals surface area contributed by atoms with E-state index in [0.29, 0.717) is 17.2 Å². The van der Waals surface area contributed by atoms with Crippen molar-refractivity contribution in [3.8, 4) is 0 Å². The molecule has 102 valence electrons. The molecule has 0 aliphatic rings. The third kappa shape index (κ3) is 4.33. The summed E-state index contributed by atoms with van der Waals surface area (Å²) in [6.07, 6.45) is 1.24. The molecule has 0 amide bonds. The van der Waals surface area contributed by atoms with Gasteiger partial charge in [-0.25, -0.2) is 0 Å². The van der Waals surface area contributed by atoms with Gasteiger partial charge in [-0.05, 0) is 24.9 Å². The maximum atomic E-state index is 3.51. The van der Waals surface area contributed by atoms with Crippen molar-refractivity contribution in [3.05, 3.63) is 35.9 Å². The minimum atomic E-state index is 0.435. The number of hydrogen-bond acceptors (Lipinski definition) is 2. The molecule has 0 aliphatic carbocycles. The van der Waals surface area contributed by atoms with Crippen molar-refractivity contribution in [1.29, 1.82) is 0 Å². The van der Waals surface area contributed by atoms with Gasteiger partial charge in [0, 0.05) is 16.5 Å². The Morgan fingerprint density at radius 1 is 1.11 bits per heavy atom. The molecule has 0 fully saturated rings. The second-order valence-corrected chi connectivity index (χ2v) is 6.86. The maximum Gasteiger partial charge on any atom is 0.0440 e. The molecule has 18 heavy (non-hydrogen) atoms. The molecule has 0 saturated heterocycles. The summed E-state index contributed by atoms with van der Waals surface area (Å²) >= 11 is 2.12. The Kier molecular flexibility index (Phi) is 6.80. The highest BCUT2D eigenvalue weighted by molar-refractivity contribution is 8.00. The van der Waals surface area contributed by atoms with E-state index in [2.05, 4.69) is 82.2 Å². The zero-order valence-electron chi connectivity index (χ0n) is 12.3. The molecular formula is C16H27NS. The first kappa shape index (κ1) is 15.6. The molecule has 0 aliphatic heterocycles. The topological polar surface area (TPSA) is 12.0 Å². The van der Waals surface area contributed by atoms with Crippen molar-refractivity contribution in [2.75, 3.05) is 7.05 Å². The van der Waals surface area contributed by atoms with Gasteiger partial charge in [-0.2, -0.15) is 11.8 Å². The molecule has 0 radical (unpaired) electrons. The molecule has 0 heterocycles. The highest BCUT2D eigenvalue weighted by atomic mass is 32.2. The summed E-state index contributed by atoms with van der Waals surface area (Å²) in [6.45, 7) is 9.25. The first-order chi connectivity index (χ1) is 8.60. The molecule has 0 bridgehead atoms. The Balaban J connectivity index is 2.88. The number of rotatable bonds is 7. The summed E-state index contributed by atoms with van der Waals surface area (Å²) in [6, 6.07) is 11.2. The molecule has 1 nitrogen and oxygen atoms in total. The normalized spacial score (nSPS) is 16.6. The van der Waals surface area contributed by atoms with E-state index < -0.39 is 0 Å². The molecule has 1 aromatic rings. The third-order valence-corrected chi connectivity index (χ3v) is 5.35. The van der Waals surface area contributed by atoms with Crippen LogP contribution in [0.3, 0.4) is 0 Å². The van der Waals surface area contributed by atoms with E-state index in [1.165, 1.54) is 12.0 Å². The van der Waals surface area contributed by atoms with Crippen molar-refractivity contribution >= 4 is 11.8 Å². The largest absolute Gasteiger partial charge is 0.312 e. The molecule has 0 aromatic heterocycles. The van der Waals surface area contributed by atoms with Gasteiger partial charge in [0.05, 0.1) is 0 Å². The van der Waals surface area contributed by atoms with Crippen LogP contribution in [0.1, 0.15) is 45.7 Å². The van der Waals surface area contributed by atoms with Crippen molar-refractivity contribution in [2.45, 2.75) is 50.7 Å². The van der Waals surface area contributed by atoms with Gasteiger partial charge in [-0.3, -0.25) is 0 Å².